The molecule has 7 nitrogen and oxygen atoms in total. The van der Waals surface area contributed by atoms with Gasteiger partial charge in [-0.05, 0) is 17.7 Å². The molecule has 7 heteroatoms. The van der Waals surface area contributed by atoms with Crippen molar-refractivity contribution in [3.8, 4) is 0 Å². The number of carbonyl (C=O) groups excluding carboxylic acids is 2. The zero-order valence-corrected chi connectivity index (χ0v) is 16.9. The number of ether oxygens (including phenoxy) is 2. The topological polar surface area (TPSA) is 71.1 Å². The molecule has 0 radical (unpaired) electrons. The van der Waals surface area contributed by atoms with Crippen LogP contribution in [0.1, 0.15) is 5.56 Å². The number of nitrogens with one attached hydrogen (secondary N) is 1. The Labute approximate surface area is 176 Å². The highest BCUT2D eigenvalue weighted by molar-refractivity contribution is 5.73. The van der Waals surface area contributed by atoms with Crippen LogP contribution in [0.3, 0.4) is 0 Å². The highest BCUT2D eigenvalue weighted by Crippen LogP contribution is 2.17. The number of piperazine rings is 1. The average Bonchev–Trinajstić information content (AvgIpc) is 3.13. The number of nitrogens with zero attached hydrogens (tertiary/aromatic N) is 2. The lowest BCUT2D eigenvalue weighted by molar-refractivity contribution is -0.145. The van der Waals surface area contributed by atoms with Crippen LogP contribution in [-0.2, 0) is 20.7 Å². The van der Waals surface area contributed by atoms with Gasteiger partial charge < -0.3 is 19.7 Å². The molecule has 2 saturated heterocycles. The van der Waals surface area contributed by atoms with Crippen LogP contribution >= 0.6 is 0 Å². The standard InChI is InChI=1S/C23H27N3O4/c27-22(15-18-7-3-1-4-8-18)29-17-21-20(24-23(28)30-21)16-25-11-13-26(14-12-25)19-9-5-2-6-10-19/h1-10,20-21H,11-17H2,(H,24,28)/t20-,21-/m1/s1. The molecule has 2 aromatic carbocycles. The molecule has 2 aromatic rings. The minimum Gasteiger partial charge on any atom is -0.461 e. The zero-order valence-electron chi connectivity index (χ0n) is 16.9. The van der Waals surface area contributed by atoms with Gasteiger partial charge in [0.15, 0.2) is 6.10 Å². The molecule has 2 aliphatic rings. The molecule has 2 aliphatic heterocycles. The highest BCUT2D eigenvalue weighted by Gasteiger charge is 2.36. The van der Waals surface area contributed by atoms with E-state index in [9.17, 15) is 9.59 Å². The van der Waals surface area contributed by atoms with Crippen LogP contribution in [0.25, 0.3) is 0 Å². The van der Waals surface area contributed by atoms with E-state index in [1.807, 2.05) is 36.4 Å². The van der Waals surface area contributed by atoms with Gasteiger partial charge in [0.05, 0.1) is 12.5 Å². The molecule has 0 saturated carbocycles. The largest absolute Gasteiger partial charge is 0.461 e. The number of anilines is 1. The van der Waals surface area contributed by atoms with Gasteiger partial charge in [-0.1, -0.05) is 48.5 Å². The molecule has 2 fully saturated rings. The molecular weight excluding hydrogens is 382 g/mol. The van der Waals surface area contributed by atoms with Crippen LogP contribution in [-0.4, -0.2) is 68.4 Å². The Bertz CT molecular complexity index is 838. The van der Waals surface area contributed by atoms with Crippen LogP contribution in [0.5, 0.6) is 0 Å². The number of hydrogen-bond acceptors (Lipinski definition) is 6. The van der Waals surface area contributed by atoms with Gasteiger partial charge in [0, 0.05) is 38.4 Å². The molecule has 0 aliphatic carbocycles. The van der Waals surface area contributed by atoms with Crippen molar-refractivity contribution in [2.24, 2.45) is 0 Å². The van der Waals surface area contributed by atoms with E-state index in [1.165, 1.54) is 5.69 Å². The summed E-state index contributed by atoms with van der Waals surface area (Å²) in [5, 5.41) is 2.86. The predicted molar refractivity (Wildman–Crippen MR) is 113 cm³/mol. The Morgan fingerprint density at radius 3 is 2.37 bits per heavy atom. The smallest absolute Gasteiger partial charge is 0.408 e. The number of alkyl carbamates (subject to hydrolysis) is 1. The first-order chi connectivity index (χ1) is 14.7. The fourth-order valence-corrected chi connectivity index (χ4v) is 3.91. The third kappa shape index (κ3) is 5.30. The van der Waals surface area contributed by atoms with Crippen LogP contribution < -0.4 is 10.2 Å². The van der Waals surface area contributed by atoms with Crippen LogP contribution in [0, 0.1) is 0 Å². The second-order valence-electron chi connectivity index (χ2n) is 7.66. The van der Waals surface area contributed by atoms with Crippen molar-refractivity contribution in [3.05, 3.63) is 66.2 Å². The Morgan fingerprint density at radius 1 is 1.00 bits per heavy atom. The number of carbonyl (C=O) groups is 2. The van der Waals surface area contributed by atoms with Crippen LogP contribution in [0.4, 0.5) is 10.5 Å². The van der Waals surface area contributed by atoms with Gasteiger partial charge in [0.1, 0.15) is 6.61 Å². The van der Waals surface area contributed by atoms with E-state index in [0.717, 1.165) is 31.7 Å². The third-order valence-electron chi connectivity index (χ3n) is 5.56. The van der Waals surface area contributed by atoms with Gasteiger partial charge in [-0.2, -0.15) is 0 Å². The predicted octanol–water partition coefficient (Wildman–Crippen LogP) is 2.07. The number of rotatable bonds is 7. The summed E-state index contributed by atoms with van der Waals surface area (Å²) in [5.41, 5.74) is 2.13. The first-order valence-electron chi connectivity index (χ1n) is 10.4. The van der Waals surface area contributed by atoms with Crippen molar-refractivity contribution in [3.63, 3.8) is 0 Å². The minimum absolute atomic E-state index is 0.0685. The molecule has 0 aromatic heterocycles. The van der Waals surface area contributed by atoms with Gasteiger partial charge in [0.25, 0.3) is 0 Å². The monoisotopic (exact) mass is 409 g/mol. The highest BCUT2D eigenvalue weighted by atomic mass is 16.6. The molecular formula is C23H27N3O4. The van der Waals surface area contributed by atoms with Gasteiger partial charge >= 0.3 is 12.1 Å². The number of esters is 1. The summed E-state index contributed by atoms with van der Waals surface area (Å²) in [6.07, 6.45) is -0.711. The summed E-state index contributed by atoms with van der Waals surface area (Å²) < 4.78 is 10.7. The van der Waals surface area contributed by atoms with Crippen molar-refractivity contribution in [2.45, 2.75) is 18.6 Å². The summed E-state index contributed by atoms with van der Waals surface area (Å²) >= 11 is 0. The Morgan fingerprint density at radius 2 is 1.67 bits per heavy atom. The molecule has 0 unspecified atom stereocenters. The number of amides is 1. The second-order valence-corrected chi connectivity index (χ2v) is 7.66. The number of hydrogen-bond donors (Lipinski definition) is 1. The van der Waals surface area contributed by atoms with Gasteiger partial charge in [0.2, 0.25) is 0 Å². The molecule has 2 atom stereocenters. The van der Waals surface area contributed by atoms with Gasteiger partial charge in [-0.25, -0.2) is 4.79 Å². The lowest BCUT2D eigenvalue weighted by Gasteiger charge is -2.37. The maximum atomic E-state index is 12.1. The number of cyclic esters (lactones) is 1. The zero-order chi connectivity index (χ0) is 20.8. The normalized spacial score (nSPS) is 21.7. The molecule has 2 heterocycles. The SMILES string of the molecule is O=C(Cc1ccccc1)OC[C@H]1OC(=O)N[C@@H]1CN1CCN(c2ccccc2)CC1. The third-order valence-corrected chi connectivity index (χ3v) is 5.56. The van der Waals surface area contributed by atoms with Crippen molar-refractivity contribution < 1.29 is 19.1 Å². The quantitative estimate of drug-likeness (QED) is 0.706. The van der Waals surface area contributed by atoms with Crippen molar-refractivity contribution in [1.82, 2.24) is 10.2 Å². The molecule has 30 heavy (non-hydrogen) atoms. The van der Waals surface area contributed by atoms with E-state index in [2.05, 4.69) is 39.4 Å². The van der Waals surface area contributed by atoms with Crippen molar-refractivity contribution in [1.29, 1.82) is 0 Å². The van der Waals surface area contributed by atoms with Crippen LogP contribution in [0.2, 0.25) is 0 Å². The fourth-order valence-electron chi connectivity index (χ4n) is 3.91. The second kappa shape index (κ2) is 9.63. The van der Waals surface area contributed by atoms with Crippen molar-refractivity contribution >= 4 is 17.7 Å². The van der Waals surface area contributed by atoms with E-state index in [-0.39, 0.29) is 25.0 Å². The summed E-state index contributed by atoms with van der Waals surface area (Å²) in [7, 11) is 0. The van der Waals surface area contributed by atoms with E-state index in [1.54, 1.807) is 0 Å². The molecule has 1 amide bonds. The minimum atomic E-state index is -0.468. The molecule has 158 valence electrons. The number of benzene rings is 2. The Hall–Kier alpha value is -3.06. The summed E-state index contributed by atoms with van der Waals surface area (Å²) in [6, 6.07) is 19.6. The average molecular weight is 409 g/mol. The van der Waals surface area contributed by atoms with E-state index >= 15 is 0 Å². The lowest BCUT2D eigenvalue weighted by atomic mass is 10.1. The molecule has 0 bridgehead atoms. The molecule has 1 N–H and O–H groups in total. The van der Waals surface area contributed by atoms with Gasteiger partial charge in [-0.15, -0.1) is 0 Å². The van der Waals surface area contributed by atoms with Gasteiger partial charge in [-0.3, -0.25) is 9.69 Å². The molecule has 4 rings (SSSR count). The first kappa shape index (κ1) is 20.2. The maximum absolute atomic E-state index is 12.1. The summed E-state index contributed by atoms with van der Waals surface area (Å²) in [4.78, 5) is 28.6. The van der Waals surface area contributed by atoms with E-state index < -0.39 is 12.2 Å². The maximum Gasteiger partial charge on any atom is 0.408 e. The Kier molecular flexibility index (Phi) is 6.49. The molecule has 0 spiro atoms. The van der Waals surface area contributed by atoms with Crippen molar-refractivity contribution in [2.75, 3.05) is 44.2 Å². The van der Waals surface area contributed by atoms with E-state index in [4.69, 9.17) is 9.47 Å². The van der Waals surface area contributed by atoms with Crippen LogP contribution in [0.15, 0.2) is 60.7 Å². The summed E-state index contributed by atoms with van der Waals surface area (Å²) in [5.74, 6) is -0.320. The fraction of sp³-hybridized carbons (Fsp3) is 0.391. The Balaban J connectivity index is 1.24. The summed E-state index contributed by atoms with van der Waals surface area (Å²) in [6.45, 7) is 4.42. The lowest BCUT2D eigenvalue weighted by Crippen LogP contribution is -2.52. The number of para-hydroxylation sites is 1. The first-order valence-corrected chi connectivity index (χ1v) is 10.4. The van der Waals surface area contributed by atoms with E-state index in [0.29, 0.717) is 6.54 Å².